The van der Waals surface area contributed by atoms with Gasteiger partial charge in [0.25, 0.3) is 0 Å². The van der Waals surface area contributed by atoms with Gasteiger partial charge in [-0.05, 0) is 25.0 Å². The Morgan fingerprint density at radius 3 is 2.87 bits per heavy atom. The minimum atomic E-state index is 0.0140. The van der Waals surface area contributed by atoms with Crippen LogP contribution in [0.15, 0.2) is 18.3 Å². The first-order valence-corrected chi connectivity index (χ1v) is 6.19. The summed E-state index contributed by atoms with van der Waals surface area (Å²) in [6.07, 6.45) is 3.98. The number of hydrogen-bond donors (Lipinski definition) is 1. The highest BCUT2D eigenvalue weighted by molar-refractivity contribution is 9.09. The van der Waals surface area contributed by atoms with Crippen LogP contribution in [0.25, 0.3) is 0 Å². The Morgan fingerprint density at radius 1 is 1.47 bits per heavy atom. The van der Waals surface area contributed by atoms with Gasteiger partial charge < -0.3 is 5.32 Å². The number of hydrogen-bond acceptors (Lipinski definition) is 2. The molecule has 0 saturated heterocycles. The standard InChI is InChI=1S/C10H12BrClN2O/c11-6-2-1-3-10(15)14-8-4-5-9(12)13-7-8/h4-5,7H,1-3,6H2,(H,14,15). The highest BCUT2D eigenvalue weighted by Crippen LogP contribution is 2.10. The Labute approximate surface area is 102 Å². The first kappa shape index (κ1) is 12.5. The molecule has 1 heterocycles. The van der Waals surface area contributed by atoms with Crippen molar-refractivity contribution < 1.29 is 4.79 Å². The number of nitrogens with one attached hydrogen (secondary N) is 1. The van der Waals surface area contributed by atoms with E-state index in [-0.39, 0.29) is 5.91 Å². The second-order valence-electron chi connectivity index (χ2n) is 3.06. The Hall–Kier alpha value is -0.610. The SMILES string of the molecule is O=C(CCCCBr)Nc1ccc(Cl)nc1. The lowest BCUT2D eigenvalue weighted by Gasteiger charge is -2.03. The number of carbonyl (C=O) groups excluding carboxylic acids is 1. The van der Waals surface area contributed by atoms with Crippen LogP contribution in [0.5, 0.6) is 0 Å². The van der Waals surface area contributed by atoms with Crippen molar-refractivity contribution in [1.29, 1.82) is 0 Å². The topological polar surface area (TPSA) is 42.0 Å². The zero-order valence-electron chi connectivity index (χ0n) is 8.17. The third-order valence-electron chi connectivity index (χ3n) is 1.80. The van der Waals surface area contributed by atoms with Crippen molar-refractivity contribution in [1.82, 2.24) is 4.98 Å². The van der Waals surface area contributed by atoms with Gasteiger partial charge in [-0.3, -0.25) is 4.79 Å². The average molecular weight is 292 g/mol. The molecule has 0 radical (unpaired) electrons. The lowest BCUT2D eigenvalue weighted by Crippen LogP contribution is -2.11. The fourth-order valence-electron chi connectivity index (χ4n) is 1.05. The summed E-state index contributed by atoms with van der Waals surface area (Å²) in [6.45, 7) is 0. The second kappa shape index (κ2) is 6.80. The number of aromatic nitrogens is 1. The second-order valence-corrected chi connectivity index (χ2v) is 4.24. The van der Waals surface area contributed by atoms with E-state index in [4.69, 9.17) is 11.6 Å². The van der Waals surface area contributed by atoms with Crippen molar-refractivity contribution >= 4 is 39.1 Å². The van der Waals surface area contributed by atoms with Crippen LogP contribution in [-0.4, -0.2) is 16.2 Å². The van der Waals surface area contributed by atoms with Gasteiger partial charge in [0.15, 0.2) is 0 Å². The van der Waals surface area contributed by atoms with Crippen molar-refractivity contribution in [3.05, 3.63) is 23.5 Å². The van der Waals surface area contributed by atoms with E-state index in [0.29, 0.717) is 17.3 Å². The molecule has 3 nitrogen and oxygen atoms in total. The van der Waals surface area contributed by atoms with Gasteiger partial charge in [-0.1, -0.05) is 27.5 Å². The van der Waals surface area contributed by atoms with Gasteiger partial charge in [-0.15, -0.1) is 0 Å². The van der Waals surface area contributed by atoms with Gasteiger partial charge >= 0.3 is 0 Å². The van der Waals surface area contributed by atoms with Crippen LogP contribution in [0, 0.1) is 0 Å². The summed E-state index contributed by atoms with van der Waals surface area (Å²) >= 11 is 8.94. The molecule has 1 amide bonds. The monoisotopic (exact) mass is 290 g/mol. The number of alkyl halides is 1. The van der Waals surface area contributed by atoms with Crippen molar-refractivity contribution in [2.24, 2.45) is 0 Å². The molecule has 82 valence electrons. The number of amides is 1. The molecule has 0 aliphatic heterocycles. The third-order valence-corrected chi connectivity index (χ3v) is 2.58. The van der Waals surface area contributed by atoms with Crippen molar-refractivity contribution in [3.8, 4) is 0 Å². The van der Waals surface area contributed by atoms with Crippen LogP contribution in [0.1, 0.15) is 19.3 Å². The highest BCUT2D eigenvalue weighted by Gasteiger charge is 2.01. The van der Waals surface area contributed by atoms with E-state index in [1.165, 1.54) is 0 Å². The molecule has 0 unspecified atom stereocenters. The average Bonchev–Trinajstić information content (AvgIpc) is 2.22. The van der Waals surface area contributed by atoms with Gasteiger partial charge in [-0.2, -0.15) is 0 Å². The molecule has 0 spiro atoms. The summed E-state index contributed by atoms with van der Waals surface area (Å²) in [5.74, 6) is 0.0140. The fraction of sp³-hybridized carbons (Fsp3) is 0.400. The molecular weight excluding hydrogens is 279 g/mol. The molecule has 15 heavy (non-hydrogen) atoms. The predicted octanol–water partition coefficient (Wildman–Crippen LogP) is 3.24. The molecule has 1 aromatic rings. The van der Waals surface area contributed by atoms with Gasteiger partial charge in [0.05, 0.1) is 11.9 Å². The summed E-state index contributed by atoms with van der Waals surface area (Å²) < 4.78 is 0. The zero-order chi connectivity index (χ0) is 11.1. The number of rotatable bonds is 5. The summed E-state index contributed by atoms with van der Waals surface area (Å²) in [5.41, 5.74) is 0.684. The van der Waals surface area contributed by atoms with E-state index in [1.807, 2.05) is 0 Å². The molecule has 0 bridgehead atoms. The first-order valence-electron chi connectivity index (χ1n) is 4.70. The Bertz CT molecular complexity index is 316. The molecular formula is C10H12BrClN2O. The van der Waals surface area contributed by atoms with Crippen molar-refractivity contribution in [3.63, 3.8) is 0 Å². The van der Waals surface area contributed by atoms with Crippen LogP contribution < -0.4 is 5.32 Å². The maximum Gasteiger partial charge on any atom is 0.224 e. The molecule has 0 saturated carbocycles. The number of anilines is 1. The van der Waals surface area contributed by atoms with E-state index in [9.17, 15) is 4.79 Å². The normalized spacial score (nSPS) is 10.0. The summed E-state index contributed by atoms with van der Waals surface area (Å²) in [4.78, 5) is 15.3. The van der Waals surface area contributed by atoms with E-state index >= 15 is 0 Å². The number of halogens is 2. The highest BCUT2D eigenvalue weighted by atomic mass is 79.9. The number of carbonyl (C=O) groups is 1. The van der Waals surface area contributed by atoms with Crippen LogP contribution in [-0.2, 0) is 4.79 Å². The molecule has 0 fully saturated rings. The summed E-state index contributed by atoms with van der Waals surface area (Å²) in [6, 6.07) is 3.38. The smallest absolute Gasteiger partial charge is 0.224 e. The molecule has 5 heteroatoms. The molecule has 1 aromatic heterocycles. The van der Waals surface area contributed by atoms with E-state index in [1.54, 1.807) is 18.3 Å². The Kier molecular flexibility index (Phi) is 5.65. The van der Waals surface area contributed by atoms with Crippen LogP contribution >= 0.6 is 27.5 Å². The Morgan fingerprint density at radius 2 is 2.27 bits per heavy atom. The zero-order valence-corrected chi connectivity index (χ0v) is 10.5. The van der Waals surface area contributed by atoms with E-state index < -0.39 is 0 Å². The summed E-state index contributed by atoms with van der Waals surface area (Å²) in [7, 11) is 0. The molecule has 0 aliphatic carbocycles. The predicted molar refractivity (Wildman–Crippen MR) is 65.5 cm³/mol. The van der Waals surface area contributed by atoms with Gasteiger partial charge in [0, 0.05) is 11.8 Å². The fourth-order valence-corrected chi connectivity index (χ4v) is 1.56. The largest absolute Gasteiger partial charge is 0.325 e. The van der Waals surface area contributed by atoms with Crippen molar-refractivity contribution in [2.75, 3.05) is 10.6 Å². The maximum atomic E-state index is 11.4. The van der Waals surface area contributed by atoms with Crippen LogP contribution in [0.2, 0.25) is 5.15 Å². The first-order chi connectivity index (χ1) is 7.22. The molecule has 1 rings (SSSR count). The number of unbranched alkanes of at least 4 members (excludes halogenated alkanes) is 1. The minimum absolute atomic E-state index is 0.0140. The van der Waals surface area contributed by atoms with Gasteiger partial charge in [0.1, 0.15) is 5.15 Å². The van der Waals surface area contributed by atoms with Gasteiger partial charge in [-0.25, -0.2) is 4.98 Å². The van der Waals surface area contributed by atoms with E-state index in [0.717, 1.165) is 18.2 Å². The molecule has 0 aliphatic rings. The van der Waals surface area contributed by atoms with Crippen LogP contribution in [0.3, 0.4) is 0 Å². The summed E-state index contributed by atoms with van der Waals surface area (Å²) in [5, 5.41) is 4.11. The lowest BCUT2D eigenvalue weighted by molar-refractivity contribution is -0.116. The number of pyridine rings is 1. The van der Waals surface area contributed by atoms with Gasteiger partial charge in [0.2, 0.25) is 5.91 Å². The quantitative estimate of drug-likeness (QED) is 0.514. The molecule has 0 aromatic carbocycles. The molecule has 1 N–H and O–H groups in total. The maximum absolute atomic E-state index is 11.4. The van der Waals surface area contributed by atoms with Crippen molar-refractivity contribution in [2.45, 2.75) is 19.3 Å². The Balaban J connectivity index is 2.34. The minimum Gasteiger partial charge on any atom is -0.325 e. The number of nitrogens with zero attached hydrogens (tertiary/aromatic N) is 1. The third kappa shape index (κ3) is 5.14. The lowest BCUT2D eigenvalue weighted by atomic mass is 10.2. The van der Waals surface area contributed by atoms with Crippen LogP contribution in [0.4, 0.5) is 5.69 Å². The molecule has 0 atom stereocenters. The van der Waals surface area contributed by atoms with E-state index in [2.05, 4.69) is 26.2 Å².